The highest BCUT2D eigenvalue weighted by molar-refractivity contribution is 5.35. The molecule has 1 aliphatic heterocycles. The first-order valence-electron chi connectivity index (χ1n) is 5.93. The van der Waals surface area contributed by atoms with Crippen molar-refractivity contribution in [1.82, 2.24) is 19.7 Å². The summed E-state index contributed by atoms with van der Waals surface area (Å²) < 4.78 is 2.06. The molecule has 0 radical (unpaired) electrons. The molecule has 88 valence electrons. The van der Waals surface area contributed by atoms with Gasteiger partial charge in [0, 0.05) is 37.9 Å². The van der Waals surface area contributed by atoms with Crippen molar-refractivity contribution in [2.75, 3.05) is 18.0 Å². The molecular formula is C12H15N5. The van der Waals surface area contributed by atoms with Crippen molar-refractivity contribution in [2.24, 2.45) is 0 Å². The molecule has 5 nitrogen and oxygen atoms in total. The normalized spacial score (nSPS) is 17.3. The highest BCUT2D eigenvalue weighted by Crippen LogP contribution is 2.23. The van der Waals surface area contributed by atoms with Crippen LogP contribution in [0.3, 0.4) is 0 Å². The van der Waals surface area contributed by atoms with Crippen LogP contribution in [0, 0.1) is 0 Å². The zero-order chi connectivity index (χ0) is 11.5. The summed E-state index contributed by atoms with van der Waals surface area (Å²) in [5, 5.41) is 4.31. The van der Waals surface area contributed by atoms with E-state index in [1.807, 2.05) is 24.7 Å². The molecule has 0 unspecified atom stereocenters. The van der Waals surface area contributed by atoms with Gasteiger partial charge in [0.1, 0.15) is 5.82 Å². The standard InChI is InChI=1S/C12H15N5/c1-4-15-17(7-1)11-2-8-16(9-3-11)12-10-13-5-6-14-12/h1,4-7,10-11H,2-3,8-9H2. The Morgan fingerprint density at radius 3 is 2.65 bits per heavy atom. The second kappa shape index (κ2) is 4.53. The summed E-state index contributed by atoms with van der Waals surface area (Å²) in [4.78, 5) is 10.7. The third-order valence-electron chi connectivity index (χ3n) is 3.24. The fourth-order valence-electron chi connectivity index (χ4n) is 2.31. The van der Waals surface area contributed by atoms with Crippen LogP contribution in [0.15, 0.2) is 37.1 Å². The van der Waals surface area contributed by atoms with E-state index in [1.54, 1.807) is 12.4 Å². The predicted octanol–water partition coefficient (Wildman–Crippen LogP) is 1.51. The Morgan fingerprint density at radius 2 is 2.00 bits per heavy atom. The summed E-state index contributed by atoms with van der Waals surface area (Å²) in [5.41, 5.74) is 0. The SMILES string of the molecule is c1cnn(C2CCN(c3cnccn3)CC2)c1. The van der Waals surface area contributed by atoms with Gasteiger partial charge < -0.3 is 4.90 Å². The second-order valence-electron chi connectivity index (χ2n) is 4.27. The minimum atomic E-state index is 0.526. The Labute approximate surface area is 100 Å². The molecular weight excluding hydrogens is 214 g/mol. The van der Waals surface area contributed by atoms with Crippen molar-refractivity contribution in [2.45, 2.75) is 18.9 Å². The lowest BCUT2D eigenvalue weighted by molar-refractivity contribution is 0.366. The van der Waals surface area contributed by atoms with Crippen LogP contribution in [0.4, 0.5) is 5.82 Å². The zero-order valence-corrected chi connectivity index (χ0v) is 9.61. The number of piperidine rings is 1. The van der Waals surface area contributed by atoms with Gasteiger partial charge in [-0.2, -0.15) is 5.10 Å². The van der Waals surface area contributed by atoms with Gasteiger partial charge in [0.2, 0.25) is 0 Å². The first-order chi connectivity index (χ1) is 8.43. The Balaban J connectivity index is 1.65. The molecule has 3 rings (SSSR count). The van der Waals surface area contributed by atoms with Gasteiger partial charge >= 0.3 is 0 Å². The Hall–Kier alpha value is -1.91. The van der Waals surface area contributed by atoms with Crippen LogP contribution in [-0.4, -0.2) is 32.8 Å². The highest BCUT2D eigenvalue weighted by Gasteiger charge is 2.21. The average molecular weight is 229 g/mol. The lowest BCUT2D eigenvalue weighted by Gasteiger charge is -2.32. The molecule has 17 heavy (non-hydrogen) atoms. The van der Waals surface area contributed by atoms with Crippen molar-refractivity contribution in [3.8, 4) is 0 Å². The maximum atomic E-state index is 4.33. The van der Waals surface area contributed by atoms with Gasteiger partial charge in [-0.15, -0.1) is 0 Å². The number of hydrogen-bond acceptors (Lipinski definition) is 4. The molecule has 2 aromatic heterocycles. The lowest BCUT2D eigenvalue weighted by atomic mass is 10.1. The van der Waals surface area contributed by atoms with E-state index in [0.717, 1.165) is 31.7 Å². The fourth-order valence-corrected chi connectivity index (χ4v) is 2.31. The molecule has 0 N–H and O–H groups in total. The summed E-state index contributed by atoms with van der Waals surface area (Å²) in [6, 6.07) is 2.51. The number of aromatic nitrogens is 4. The minimum absolute atomic E-state index is 0.526. The first-order valence-corrected chi connectivity index (χ1v) is 5.93. The lowest BCUT2D eigenvalue weighted by Crippen LogP contribution is -2.35. The largest absolute Gasteiger partial charge is 0.355 e. The first kappa shape index (κ1) is 10.3. The molecule has 0 saturated carbocycles. The van der Waals surface area contributed by atoms with Crippen LogP contribution < -0.4 is 4.90 Å². The quantitative estimate of drug-likeness (QED) is 0.783. The molecule has 2 aromatic rings. The van der Waals surface area contributed by atoms with Gasteiger partial charge in [-0.3, -0.25) is 9.67 Å². The maximum absolute atomic E-state index is 4.33. The van der Waals surface area contributed by atoms with E-state index in [0.29, 0.717) is 6.04 Å². The Bertz CT molecular complexity index is 445. The summed E-state index contributed by atoms with van der Waals surface area (Å²) in [6.45, 7) is 2.03. The highest BCUT2D eigenvalue weighted by atomic mass is 15.3. The maximum Gasteiger partial charge on any atom is 0.147 e. The summed E-state index contributed by atoms with van der Waals surface area (Å²) in [7, 11) is 0. The van der Waals surface area contributed by atoms with Crippen molar-refractivity contribution >= 4 is 5.82 Å². The monoisotopic (exact) mass is 229 g/mol. The van der Waals surface area contributed by atoms with Crippen LogP contribution in [0.5, 0.6) is 0 Å². The molecule has 1 fully saturated rings. The van der Waals surface area contributed by atoms with Crippen LogP contribution in [0.1, 0.15) is 18.9 Å². The van der Waals surface area contributed by atoms with Gasteiger partial charge in [-0.25, -0.2) is 4.98 Å². The molecule has 0 aromatic carbocycles. The summed E-state index contributed by atoms with van der Waals surface area (Å²) in [6.07, 6.45) is 11.4. The number of anilines is 1. The van der Waals surface area contributed by atoms with Crippen LogP contribution in [-0.2, 0) is 0 Å². The minimum Gasteiger partial charge on any atom is -0.355 e. The summed E-state index contributed by atoms with van der Waals surface area (Å²) in [5.74, 6) is 0.978. The van der Waals surface area contributed by atoms with Crippen molar-refractivity contribution < 1.29 is 0 Å². The van der Waals surface area contributed by atoms with E-state index < -0.39 is 0 Å². The molecule has 0 bridgehead atoms. The van der Waals surface area contributed by atoms with Crippen molar-refractivity contribution in [3.05, 3.63) is 37.1 Å². The van der Waals surface area contributed by atoms with Crippen LogP contribution in [0.2, 0.25) is 0 Å². The van der Waals surface area contributed by atoms with E-state index >= 15 is 0 Å². The van der Waals surface area contributed by atoms with Gasteiger partial charge in [0.15, 0.2) is 0 Å². The fraction of sp³-hybridized carbons (Fsp3) is 0.417. The number of rotatable bonds is 2. The molecule has 3 heterocycles. The third-order valence-corrected chi connectivity index (χ3v) is 3.24. The van der Waals surface area contributed by atoms with Crippen molar-refractivity contribution in [1.29, 1.82) is 0 Å². The molecule has 0 spiro atoms. The molecule has 1 saturated heterocycles. The Morgan fingerprint density at radius 1 is 1.12 bits per heavy atom. The summed E-state index contributed by atoms with van der Waals surface area (Å²) >= 11 is 0. The van der Waals surface area contributed by atoms with E-state index in [-0.39, 0.29) is 0 Å². The predicted molar refractivity (Wildman–Crippen MR) is 64.7 cm³/mol. The van der Waals surface area contributed by atoms with E-state index in [9.17, 15) is 0 Å². The molecule has 5 heteroatoms. The number of hydrogen-bond donors (Lipinski definition) is 0. The molecule has 0 atom stereocenters. The van der Waals surface area contributed by atoms with E-state index in [1.165, 1.54) is 0 Å². The molecule has 0 amide bonds. The van der Waals surface area contributed by atoms with E-state index in [4.69, 9.17) is 0 Å². The topological polar surface area (TPSA) is 46.8 Å². The molecule has 0 aliphatic carbocycles. The van der Waals surface area contributed by atoms with Gasteiger partial charge in [-0.1, -0.05) is 0 Å². The van der Waals surface area contributed by atoms with Crippen LogP contribution in [0.25, 0.3) is 0 Å². The Kier molecular flexibility index (Phi) is 2.73. The zero-order valence-electron chi connectivity index (χ0n) is 9.61. The van der Waals surface area contributed by atoms with Gasteiger partial charge in [0.25, 0.3) is 0 Å². The average Bonchev–Trinajstić information content (AvgIpc) is 2.94. The third kappa shape index (κ3) is 2.13. The van der Waals surface area contributed by atoms with Crippen molar-refractivity contribution in [3.63, 3.8) is 0 Å². The van der Waals surface area contributed by atoms with Crippen LogP contribution >= 0.6 is 0 Å². The molecule has 1 aliphatic rings. The van der Waals surface area contributed by atoms with Gasteiger partial charge in [0.05, 0.1) is 12.2 Å². The second-order valence-corrected chi connectivity index (χ2v) is 4.27. The van der Waals surface area contributed by atoms with E-state index in [2.05, 4.69) is 24.6 Å². The number of nitrogens with zero attached hydrogens (tertiary/aromatic N) is 5. The van der Waals surface area contributed by atoms with Gasteiger partial charge in [-0.05, 0) is 18.9 Å². The smallest absolute Gasteiger partial charge is 0.147 e.